The lowest BCUT2D eigenvalue weighted by molar-refractivity contribution is -0.0390. The molecule has 1 aromatic heterocycles. The molecular weight excluding hydrogens is 386 g/mol. The highest BCUT2D eigenvalue weighted by Gasteiger charge is 2.14. The van der Waals surface area contributed by atoms with Crippen molar-refractivity contribution in [1.29, 1.82) is 0 Å². The van der Waals surface area contributed by atoms with Crippen LogP contribution >= 0.6 is 15.9 Å². The van der Waals surface area contributed by atoms with Crippen LogP contribution < -0.4 is 10.9 Å². The van der Waals surface area contributed by atoms with Crippen LogP contribution in [-0.2, 0) is 29.7 Å². The number of rotatable bonds is 6. The second-order valence-electron chi connectivity index (χ2n) is 6.10. The Labute approximate surface area is 155 Å². The molecule has 0 saturated carbocycles. The second-order valence-corrected chi connectivity index (χ2v) is 6.89. The summed E-state index contributed by atoms with van der Waals surface area (Å²) in [5, 5.41) is 7.28. The van der Waals surface area contributed by atoms with Crippen molar-refractivity contribution in [2.24, 2.45) is 7.05 Å². The minimum absolute atomic E-state index is 0.163. The van der Waals surface area contributed by atoms with Gasteiger partial charge in [0, 0.05) is 26.8 Å². The van der Waals surface area contributed by atoms with E-state index in [1.807, 2.05) is 12.1 Å². The molecule has 134 valence electrons. The summed E-state index contributed by atoms with van der Waals surface area (Å²) in [6.45, 7) is 2.79. The maximum absolute atomic E-state index is 11.9. The van der Waals surface area contributed by atoms with Gasteiger partial charge in [-0.25, -0.2) is 4.68 Å². The molecule has 0 radical (unpaired) electrons. The number of aromatic nitrogens is 2. The third kappa shape index (κ3) is 4.90. The van der Waals surface area contributed by atoms with E-state index in [1.165, 1.54) is 4.68 Å². The molecule has 3 rings (SSSR count). The fourth-order valence-electron chi connectivity index (χ4n) is 2.72. The Morgan fingerprint density at radius 2 is 2.12 bits per heavy atom. The molecule has 0 atom stereocenters. The summed E-state index contributed by atoms with van der Waals surface area (Å²) in [4.78, 5) is 11.9. The third-order valence-corrected chi connectivity index (χ3v) is 4.97. The number of nitrogens with zero attached hydrogens (tertiary/aromatic N) is 2. The van der Waals surface area contributed by atoms with Crippen molar-refractivity contribution < 1.29 is 9.47 Å². The van der Waals surface area contributed by atoms with Crippen molar-refractivity contribution >= 4 is 21.6 Å². The SMILES string of the molecule is Cn1ncc(NCc2cccc(COC3CCOCC3)c2)c(Br)c1=O. The number of benzene rings is 1. The van der Waals surface area contributed by atoms with Crippen molar-refractivity contribution in [3.05, 3.63) is 56.4 Å². The molecule has 1 aliphatic heterocycles. The van der Waals surface area contributed by atoms with Crippen LogP contribution in [0, 0.1) is 0 Å². The molecule has 0 bridgehead atoms. The quantitative estimate of drug-likeness (QED) is 0.797. The van der Waals surface area contributed by atoms with Crippen LogP contribution in [0.2, 0.25) is 0 Å². The highest BCUT2D eigenvalue weighted by atomic mass is 79.9. The number of halogens is 1. The normalized spacial score (nSPS) is 15.3. The van der Waals surface area contributed by atoms with E-state index in [1.54, 1.807) is 13.2 Å². The molecule has 0 amide bonds. The summed E-state index contributed by atoms with van der Waals surface area (Å²) >= 11 is 3.32. The highest BCUT2D eigenvalue weighted by Crippen LogP contribution is 2.18. The number of anilines is 1. The Bertz CT molecular complexity index is 772. The molecule has 1 fully saturated rings. The van der Waals surface area contributed by atoms with Crippen LogP contribution in [-0.4, -0.2) is 29.1 Å². The molecule has 0 aliphatic carbocycles. The van der Waals surface area contributed by atoms with Gasteiger partial charge in [0.2, 0.25) is 0 Å². The number of aryl methyl sites for hydroxylation is 1. The topological polar surface area (TPSA) is 65.4 Å². The summed E-state index contributed by atoms with van der Waals surface area (Å²) in [6, 6.07) is 8.26. The number of hydrogen-bond donors (Lipinski definition) is 1. The maximum atomic E-state index is 11.9. The van der Waals surface area contributed by atoms with Gasteiger partial charge in [-0.05, 0) is 39.9 Å². The molecule has 2 heterocycles. The molecule has 25 heavy (non-hydrogen) atoms. The van der Waals surface area contributed by atoms with E-state index in [2.05, 4.69) is 38.5 Å². The Morgan fingerprint density at radius 3 is 2.92 bits per heavy atom. The molecule has 1 saturated heterocycles. The molecule has 1 aliphatic rings. The van der Waals surface area contributed by atoms with Gasteiger partial charge in [0.25, 0.3) is 5.56 Å². The number of nitrogens with one attached hydrogen (secondary N) is 1. The smallest absolute Gasteiger partial charge is 0.282 e. The minimum Gasteiger partial charge on any atom is -0.381 e. The molecule has 1 N–H and O–H groups in total. The zero-order valence-electron chi connectivity index (χ0n) is 14.2. The molecule has 7 heteroatoms. The van der Waals surface area contributed by atoms with E-state index in [4.69, 9.17) is 9.47 Å². The van der Waals surface area contributed by atoms with Crippen molar-refractivity contribution in [3.63, 3.8) is 0 Å². The van der Waals surface area contributed by atoms with Gasteiger partial charge in [0.1, 0.15) is 4.47 Å². The first kappa shape index (κ1) is 18.1. The van der Waals surface area contributed by atoms with E-state index in [9.17, 15) is 4.79 Å². The van der Waals surface area contributed by atoms with E-state index in [0.717, 1.165) is 37.2 Å². The first-order valence-corrected chi connectivity index (χ1v) is 9.15. The van der Waals surface area contributed by atoms with Gasteiger partial charge in [-0.3, -0.25) is 4.79 Å². The molecule has 6 nitrogen and oxygen atoms in total. The van der Waals surface area contributed by atoms with Gasteiger partial charge in [-0.1, -0.05) is 24.3 Å². The average Bonchev–Trinajstić information content (AvgIpc) is 2.65. The van der Waals surface area contributed by atoms with Crippen LogP contribution in [0.5, 0.6) is 0 Å². The van der Waals surface area contributed by atoms with Crippen molar-refractivity contribution in [2.45, 2.75) is 32.1 Å². The van der Waals surface area contributed by atoms with Gasteiger partial charge in [-0.15, -0.1) is 0 Å². The first-order chi connectivity index (χ1) is 12.1. The Morgan fingerprint density at radius 1 is 1.36 bits per heavy atom. The predicted octanol–water partition coefficient (Wildman–Crippen LogP) is 2.85. The predicted molar refractivity (Wildman–Crippen MR) is 99.6 cm³/mol. The number of ether oxygens (including phenoxy) is 2. The molecule has 2 aromatic rings. The van der Waals surface area contributed by atoms with Crippen LogP contribution in [0.4, 0.5) is 5.69 Å². The monoisotopic (exact) mass is 407 g/mol. The Balaban J connectivity index is 1.58. The second kappa shape index (κ2) is 8.60. The van der Waals surface area contributed by atoms with Gasteiger partial charge < -0.3 is 14.8 Å². The van der Waals surface area contributed by atoms with E-state index in [0.29, 0.717) is 23.3 Å². The summed E-state index contributed by atoms with van der Waals surface area (Å²) in [5.41, 5.74) is 2.79. The Hall–Kier alpha value is -1.70. The first-order valence-electron chi connectivity index (χ1n) is 8.36. The lowest BCUT2D eigenvalue weighted by atomic mass is 10.1. The molecule has 0 unspecified atom stereocenters. The average molecular weight is 408 g/mol. The van der Waals surface area contributed by atoms with E-state index < -0.39 is 0 Å². The highest BCUT2D eigenvalue weighted by molar-refractivity contribution is 9.10. The summed E-state index contributed by atoms with van der Waals surface area (Å²) < 4.78 is 13.1. The van der Waals surface area contributed by atoms with Crippen LogP contribution in [0.3, 0.4) is 0 Å². The third-order valence-electron chi connectivity index (χ3n) is 4.21. The zero-order valence-corrected chi connectivity index (χ0v) is 15.8. The van der Waals surface area contributed by atoms with E-state index >= 15 is 0 Å². The summed E-state index contributed by atoms with van der Waals surface area (Å²) in [6.07, 6.45) is 3.86. The van der Waals surface area contributed by atoms with Gasteiger partial charge >= 0.3 is 0 Å². The van der Waals surface area contributed by atoms with Gasteiger partial charge in [-0.2, -0.15) is 5.10 Å². The standard InChI is InChI=1S/C18H22BrN3O3/c1-22-18(23)17(19)16(11-21-22)20-10-13-3-2-4-14(9-13)12-25-15-5-7-24-8-6-15/h2-4,9,11,15,20H,5-8,10,12H2,1H3. The number of hydrogen-bond acceptors (Lipinski definition) is 5. The van der Waals surface area contributed by atoms with Crippen LogP contribution in [0.1, 0.15) is 24.0 Å². The van der Waals surface area contributed by atoms with Crippen LogP contribution in [0.15, 0.2) is 39.7 Å². The summed E-state index contributed by atoms with van der Waals surface area (Å²) in [7, 11) is 1.62. The molecular formula is C18H22BrN3O3. The lowest BCUT2D eigenvalue weighted by Gasteiger charge is -2.22. The lowest BCUT2D eigenvalue weighted by Crippen LogP contribution is -2.23. The minimum atomic E-state index is -0.163. The van der Waals surface area contributed by atoms with Gasteiger partial charge in [0.05, 0.1) is 24.6 Å². The maximum Gasteiger partial charge on any atom is 0.282 e. The fraction of sp³-hybridized carbons (Fsp3) is 0.444. The van der Waals surface area contributed by atoms with Crippen molar-refractivity contribution in [2.75, 3.05) is 18.5 Å². The zero-order chi connectivity index (χ0) is 17.6. The van der Waals surface area contributed by atoms with Crippen LogP contribution in [0.25, 0.3) is 0 Å². The molecule has 0 spiro atoms. The van der Waals surface area contributed by atoms with Gasteiger partial charge in [0.15, 0.2) is 0 Å². The Kier molecular flexibility index (Phi) is 6.23. The summed E-state index contributed by atoms with van der Waals surface area (Å²) in [5.74, 6) is 0. The van der Waals surface area contributed by atoms with Crippen molar-refractivity contribution in [1.82, 2.24) is 9.78 Å². The van der Waals surface area contributed by atoms with Crippen molar-refractivity contribution in [3.8, 4) is 0 Å². The van der Waals surface area contributed by atoms with E-state index in [-0.39, 0.29) is 11.7 Å². The molecule has 1 aromatic carbocycles. The fourth-order valence-corrected chi connectivity index (χ4v) is 3.22. The largest absolute Gasteiger partial charge is 0.381 e.